The number of halogens is 3. The Morgan fingerprint density at radius 3 is 2.59 bits per heavy atom. The minimum absolute atomic E-state index is 0.0380. The van der Waals surface area contributed by atoms with Crippen molar-refractivity contribution in [1.29, 1.82) is 0 Å². The van der Waals surface area contributed by atoms with Crippen LogP contribution in [0.25, 0.3) is 17.0 Å². The fourth-order valence-corrected chi connectivity index (χ4v) is 5.39. The molecule has 4 aromatic rings. The molecule has 216 valence electrons. The minimum Gasteiger partial charge on any atom is -0.497 e. The zero-order chi connectivity index (χ0) is 29.4. The Morgan fingerprint density at radius 2 is 1.85 bits per heavy atom. The van der Waals surface area contributed by atoms with Crippen LogP contribution in [-0.4, -0.2) is 74.2 Å². The lowest BCUT2D eigenvalue weighted by atomic mass is 10.2. The number of fused-ring (bicyclic) bond motifs is 2. The van der Waals surface area contributed by atoms with Crippen molar-refractivity contribution in [3.05, 3.63) is 54.1 Å². The summed E-state index contributed by atoms with van der Waals surface area (Å²) in [5, 5.41) is 12.7. The summed E-state index contributed by atoms with van der Waals surface area (Å²) in [7, 11) is -0.962. The lowest BCUT2D eigenvalue weighted by molar-refractivity contribution is -0.170. The third kappa shape index (κ3) is 5.60. The van der Waals surface area contributed by atoms with Gasteiger partial charge in [0.05, 0.1) is 24.7 Å². The van der Waals surface area contributed by atoms with Crippen LogP contribution in [0.5, 0.6) is 17.4 Å². The standard InChI is InChI=1S/C25H23F3N6O6S/c1-38-16-3-6-20(39-2)18(14-16)23-31-30-21-7-8-22(32-34(21)23)40-12-10-29-41(36,37)17-4-5-19-15(13-17)9-11-33(19)24(35)25(26,27)28/h3-8,13-14,29H,9-12H2,1-2H3. The van der Waals surface area contributed by atoms with Gasteiger partial charge in [-0.25, -0.2) is 13.1 Å². The molecular formula is C25H23F3N6O6S. The molecule has 0 spiro atoms. The van der Waals surface area contributed by atoms with E-state index in [1.54, 1.807) is 30.3 Å². The molecule has 1 aliphatic rings. The van der Waals surface area contributed by atoms with E-state index < -0.39 is 22.1 Å². The zero-order valence-corrected chi connectivity index (χ0v) is 22.5. The van der Waals surface area contributed by atoms with Gasteiger partial charge in [-0.1, -0.05) is 0 Å². The number of anilines is 1. The number of nitrogens with zero attached hydrogens (tertiary/aromatic N) is 5. The van der Waals surface area contributed by atoms with Gasteiger partial charge in [-0.15, -0.1) is 15.3 Å². The Labute approximate surface area is 231 Å². The number of aromatic nitrogens is 4. The first kappa shape index (κ1) is 28.1. The van der Waals surface area contributed by atoms with Gasteiger partial charge in [0.25, 0.3) is 0 Å². The molecule has 0 radical (unpaired) electrons. The number of benzene rings is 2. The first-order chi connectivity index (χ1) is 19.5. The summed E-state index contributed by atoms with van der Waals surface area (Å²) < 4.78 is 84.3. The Hall–Kier alpha value is -4.44. The van der Waals surface area contributed by atoms with Crippen molar-refractivity contribution < 1.29 is 40.6 Å². The van der Waals surface area contributed by atoms with Gasteiger partial charge in [0, 0.05) is 24.8 Å². The van der Waals surface area contributed by atoms with E-state index in [1.807, 2.05) is 0 Å². The van der Waals surface area contributed by atoms with Gasteiger partial charge in [0.15, 0.2) is 11.5 Å². The average Bonchev–Trinajstić information content (AvgIpc) is 3.57. The highest BCUT2D eigenvalue weighted by molar-refractivity contribution is 7.89. The van der Waals surface area contributed by atoms with E-state index in [9.17, 15) is 26.4 Å². The van der Waals surface area contributed by atoms with Crippen LogP contribution in [0.2, 0.25) is 0 Å². The van der Waals surface area contributed by atoms with Crippen molar-refractivity contribution in [2.24, 2.45) is 0 Å². The maximum Gasteiger partial charge on any atom is 0.471 e. The SMILES string of the molecule is COc1ccc(OC)c(-c2nnc3ccc(OCCNS(=O)(=O)c4ccc5c(c4)CCN5C(=O)C(F)(F)F)nn23)c1. The fourth-order valence-electron chi connectivity index (χ4n) is 4.33. The molecule has 0 atom stereocenters. The zero-order valence-electron chi connectivity index (χ0n) is 21.7. The highest BCUT2D eigenvalue weighted by Gasteiger charge is 2.44. The fraction of sp³-hybridized carbons (Fsp3) is 0.280. The molecule has 0 saturated heterocycles. The third-order valence-corrected chi connectivity index (χ3v) is 7.73. The first-order valence-electron chi connectivity index (χ1n) is 12.1. The second-order valence-electron chi connectivity index (χ2n) is 8.77. The van der Waals surface area contributed by atoms with Crippen molar-refractivity contribution in [3.63, 3.8) is 0 Å². The van der Waals surface area contributed by atoms with Crippen LogP contribution in [0.4, 0.5) is 18.9 Å². The van der Waals surface area contributed by atoms with Crippen LogP contribution in [0.1, 0.15) is 5.56 Å². The van der Waals surface area contributed by atoms with Crippen LogP contribution < -0.4 is 23.8 Å². The van der Waals surface area contributed by atoms with E-state index in [0.717, 1.165) is 6.07 Å². The smallest absolute Gasteiger partial charge is 0.471 e. The molecule has 41 heavy (non-hydrogen) atoms. The molecule has 5 rings (SSSR count). The second kappa shape index (κ2) is 10.9. The molecular weight excluding hydrogens is 569 g/mol. The number of carbonyl (C=O) groups is 1. The number of amides is 1. The number of carbonyl (C=O) groups excluding carboxylic acids is 1. The Kier molecular flexibility index (Phi) is 7.44. The van der Waals surface area contributed by atoms with Gasteiger partial charge in [0.1, 0.15) is 18.1 Å². The maximum atomic E-state index is 12.8. The van der Waals surface area contributed by atoms with Crippen LogP contribution >= 0.6 is 0 Å². The van der Waals surface area contributed by atoms with Crippen LogP contribution in [0, 0.1) is 0 Å². The lowest BCUT2D eigenvalue weighted by Gasteiger charge is -2.19. The molecule has 1 amide bonds. The molecule has 2 aromatic carbocycles. The number of nitrogens with one attached hydrogen (secondary N) is 1. The highest BCUT2D eigenvalue weighted by atomic mass is 32.2. The number of ether oxygens (including phenoxy) is 3. The van der Waals surface area contributed by atoms with Crippen molar-refractivity contribution in [3.8, 4) is 28.8 Å². The first-order valence-corrected chi connectivity index (χ1v) is 13.6. The molecule has 1 aliphatic heterocycles. The van der Waals surface area contributed by atoms with E-state index in [1.165, 1.54) is 30.9 Å². The summed E-state index contributed by atoms with van der Waals surface area (Å²) in [6.07, 6.45) is -4.92. The molecule has 0 fully saturated rings. The van der Waals surface area contributed by atoms with E-state index >= 15 is 0 Å². The summed E-state index contributed by atoms with van der Waals surface area (Å²) in [5.74, 6) is -0.350. The molecule has 1 N–H and O–H groups in total. The number of hydrogen-bond acceptors (Lipinski definition) is 9. The number of sulfonamides is 1. The lowest BCUT2D eigenvalue weighted by Crippen LogP contribution is -2.40. The van der Waals surface area contributed by atoms with Crippen LogP contribution in [0.3, 0.4) is 0 Å². The van der Waals surface area contributed by atoms with Gasteiger partial charge < -0.3 is 19.1 Å². The molecule has 12 nitrogen and oxygen atoms in total. The molecule has 0 aliphatic carbocycles. The molecule has 0 unspecified atom stereocenters. The summed E-state index contributed by atoms with van der Waals surface area (Å²) >= 11 is 0. The van der Waals surface area contributed by atoms with Crippen molar-refractivity contribution in [2.75, 3.05) is 38.8 Å². The van der Waals surface area contributed by atoms with Crippen LogP contribution in [0.15, 0.2) is 53.4 Å². The van der Waals surface area contributed by atoms with Gasteiger partial charge >= 0.3 is 12.1 Å². The molecule has 2 aromatic heterocycles. The maximum absolute atomic E-state index is 12.8. The highest BCUT2D eigenvalue weighted by Crippen LogP contribution is 2.34. The summed E-state index contributed by atoms with van der Waals surface area (Å²) in [6.45, 7) is -0.401. The van der Waals surface area contributed by atoms with E-state index in [4.69, 9.17) is 14.2 Å². The quantitative estimate of drug-likeness (QED) is 0.291. The Balaban J connectivity index is 1.25. The van der Waals surface area contributed by atoms with Crippen LogP contribution in [-0.2, 0) is 21.2 Å². The van der Waals surface area contributed by atoms with Crippen molar-refractivity contribution >= 4 is 27.3 Å². The van der Waals surface area contributed by atoms with Gasteiger partial charge in [0.2, 0.25) is 15.9 Å². The summed E-state index contributed by atoms with van der Waals surface area (Å²) in [4.78, 5) is 12.1. The average molecular weight is 593 g/mol. The van der Waals surface area contributed by atoms with Crippen molar-refractivity contribution in [2.45, 2.75) is 17.5 Å². The largest absolute Gasteiger partial charge is 0.497 e. The number of rotatable bonds is 9. The van der Waals surface area contributed by atoms with E-state index in [-0.39, 0.29) is 42.6 Å². The second-order valence-corrected chi connectivity index (χ2v) is 10.5. The number of alkyl halides is 3. The monoisotopic (exact) mass is 592 g/mol. The topological polar surface area (TPSA) is 137 Å². The molecule has 3 heterocycles. The number of methoxy groups -OCH3 is 2. The molecule has 16 heteroatoms. The van der Waals surface area contributed by atoms with Gasteiger partial charge in [-0.3, -0.25) is 4.79 Å². The van der Waals surface area contributed by atoms with Gasteiger partial charge in [-0.05, 0) is 54.4 Å². The Bertz CT molecular complexity index is 1730. The molecule has 0 saturated carbocycles. The summed E-state index contributed by atoms with van der Waals surface area (Å²) in [5.41, 5.74) is 1.38. The summed E-state index contributed by atoms with van der Waals surface area (Å²) in [6, 6.07) is 12.0. The predicted molar refractivity (Wildman–Crippen MR) is 139 cm³/mol. The number of hydrogen-bond donors (Lipinski definition) is 1. The third-order valence-electron chi connectivity index (χ3n) is 6.27. The normalized spacial score (nSPS) is 13.3. The van der Waals surface area contributed by atoms with E-state index in [2.05, 4.69) is 20.0 Å². The van der Waals surface area contributed by atoms with Crippen molar-refractivity contribution in [1.82, 2.24) is 24.5 Å². The molecule has 0 bridgehead atoms. The predicted octanol–water partition coefficient (Wildman–Crippen LogP) is 2.62. The van der Waals surface area contributed by atoms with Gasteiger partial charge in [-0.2, -0.15) is 17.7 Å². The minimum atomic E-state index is -5.02. The Morgan fingerprint density at radius 1 is 1.05 bits per heavy atom. The van der Waals surface area contributed by atoms with E-state index in [0.29, 0.717) is 39.0 Å².